The number of hydrogen-bond acceptors (Lipinski definition) is 2. The third kappa shape index (κ3) is 2.23. The van der Waals surface area contributed by atoms with Crippen molar-refractivity contribution < 1.29 is 0 Å². The minimum Gasteiger partial charge on any atom is -0.326 e. The van der Waals surface area contributed by atoms with Crippen LogP contribution >= 0.6 is 0 Å². The van der Waals surface area contributed by atoms with Gasteiger partial charge in [-0.15, -0.1) is 0 Å². The van der Waals surface area contributed by atoms with Crippen LogP contribution in [0.5, 0.6) is 0 Å². The van der Waals surface area contributed by atoms with Crippen molar-refractivity contribution in [3.05, 3.63) is 0 Å². The molecule has 2 nitrogen and oxygen atoms in total. The third-order valence-corrected chi connectivity index (χ3v) is 3.64. The van der Waals surface area contributed by atoms with Gasteiger partial charge in [0, 0.05) is 12.1 Å². The van der Waals surface area contributed by atoms with Crippen LogP contribution in [0.25, 0.3) is 0 Å². The van der Waals surface area contributed by atoms with Gasteiger partial charge < -0.3 is 5.73 Å². The van der Waals surface area contributed by atoms with Crippen LogP contribution in [0, 0.1) is 0 Å². The van der Waals surface area contributed by atoms with Crippen LogP contribution in [-0.4, -0.2) is 30.1 Å². The molecule has 2 unspecified atom stereocenters. The van der Waals surface area contributed by atoms with Gasteiger partial charge in [0.25, 0.3) is 0 Å². The van der Waals surface area contributed by atoms with Crippen molar-refractivity contribution in [1.82, 2.24) is 4.90 Å². The molecule has 2 fully saturated rings. The van der Waals surface area contributed by atoms with Gasteiger partial charge in [-0.1, -0.05) is 19.3 Å². The molecule has 2 rings (SSSR count). The highest BCUT2D eigenvalue weighted by molar-refractivity contribution is 4.86. The lowest BCUT2D eigenvalue weighted by atomic mass is 10.0. The quantitative estimate of drug-likeness (QED) is 0.626. The van der Waals surface area contributed by atoms with Crippen LogP contribution < -0.4 is 5.73 Å². The zero-order valence-corrected chi connectivity index (χ0v) is 8.54. The zero-order chi connectivity index (χ0) is 9.10. The molecule has 2 aliphatic rings. The summed E-state index contributed by atoms with van der Waals surface area (Å²) in [6.07, 6.45) is 9.53. The van der Waals surface area contributed by atoms with E-state index in [1.165, 1.54) is 58.0 Å². The Hall–Kier alpha value is -0.0800. The molecule has 1 saturated heterocycles. The van der Waals surface area contributed by atoms with Crippen molar-refractivity contribution >= 4 is 0 Å². The minimum atomic E-state index is 0.459. The van der Waals surface area contributed by atoms with Gasteiger partial charge in [0.15, 0.2) is 0 Å². The number of hydrogen-bond donors (Lipinski definition) is 1. The first kappa shape index (κ1) is 9.47. The number of likely N-dealkylation sites (tertiary alicyclic amines) is 1. The summed E-state index contributed by atoms with van der Waals surface area (Å²) in [7, 11) is 0. The third-order valence-electron chi connectivity index (χ3n) is 3.64. The molecule has 0 amide bonds. The Morgan fingerprint density at radius 3 is 2.31 bits per heavy atom. The Bertz CT molecular complexity index is 152. The summed E-state index contributed by atoms with van der Waals surface area (Å²) in [5.74, 6) is 0. The van der Waals surface area contributed by atoms with Crippen LogP contribution in [0.4, 0.5) is 0 Å². The maximum Gasteiger partial charge on any atom is 0.0247 e. The molecule has 0 aromatic carbocycles. The lowest BCUT2D eigenvalue weighted by Crippen LogP contribution is -2.45. The molecule has 2 atom stereocenters. The highest BCUT2D eigenvalue weighted by Gasteiger charge is 2.27. The fraction of sp³-hybridized carbons (Fsp3) is 1.00. The Kier molecular flexibility index (Phi) is 3.23. The van der Waals surface area contributed by atoms with Crippen molar-refractivity contribution in [1.29, 1.82) is 0 Å². The van der Waals surface area contributed by atoms with Gasteiger partial charge in [-0.2, -0.15) is 0 Å². The maximum absolute atomic E-state index is 6.22. The average molecular weight is 182 g/mol. The molecule has 0 aromatic heterocycles. The molecule has 1 heterocycles. The zero-order valence-electron chi connectivity index (χ0n) is 8.54. The maximum atomic E-state index is 6.22. The molecular weight excluding hydrogens is 160 g/mol. The topological polar surface area (TPSA) is 29.3 Å². The van der Waals surface area contributed by atoms with Crippen LogP contribution in [0.15, 0.2) is 0 Å². The Balaban J connectivity index is 1.93. The highest BCUT2D eigenvalue weighted by atomic mass is 15.2. The summed E-state index contributed by atoms with van der Waals surface area (Å²) in [6, 6.07) is 1.17. The molecule has 0 spiro atoms. The molecule has 2 heteroatoms. The van der Waals surface area contributed by atoms with E-state index >= 15 is 0 Å². The van der Waals surface area contributed by atoms with E-state index in [4.69, 9.17) is 5.73 Å². The van der Waals surface area contributed by atoms with Gasteiger partial charge in [-0.25, -0.2) is 0 Å². The first-order valence-corrected chi connectivity index (χ1v) is 5.87. The van der Waals surface area contributed by atoms with Gasteiger partial charge in [-0.05, 0) is 38.8 Å². The molecule has 1 aliphatic heterocycles. The fourth-order valence-electron chi connectivity index (χ4n) is 2.84. The van der Waals surface area contributed by atoms with E-state index in [2.05, 4.69) is 4.90 Å². The minimum absolute atomic E-state index is 0.459. The lowest BCUT2D eigenvalue weighted by molar-refractivity contribution is 0.200. The second kappa shape index (κ2) is 4.43. The molecule has 0 bridgehead atoms. The molecule has 0 radical (unpaired) electrons. The van der Waals surface area contributed by atoms with E-state index in [0.717, 1.165) is 0 Å². The fourth-order valence-corrected chi connectivity index (χ4v) is 2.84. The molecule has 1 saturated carbocycles. The Morgan fingerprint density at radius 1 is 0.846 bits per heavy atom. The first-order valence-electron chi connectivity index (χ1n) is 5.87. The average Bonchev–Trinajstić information content (AvgIpc) is 2.56. The molecule has 13 heavy (non-hydrogen) atoms. The predicted molar refractivity (Wildman–Crippen MR) is 55.7 cm³/mol. The van der Waals surface area contributed by atoms with Gasteiger partial charge in [0.05, 0.1) is 0 Å². The van der Waals surface area contributed by atoms with E-state index in [9.17, 15) is 0 Å². The highest BCUT2D eigenvalue weighted by Crippen LogP contribution is 2.24. The van der Waals surface area contributed by atoms with Crippen molar-refractivity contribution in [3.63, 3.8) is 0 Å². The normalized spacial score (nSPS) is 37.6. The first-order chi connectivity index (χ1) is 6.38. The van der Waals surface area contributed by atoms with Crippen LogP contribution in [0.2, 0.25) is 0 Å². The molecule has 1 aliphatic carbocycles. The molecule has 2 N–H and O–H groups in total. The summed E-state index contributed by atoms with van der Waals surface area (Å²) in [5.41, 5.74) is 6.22. The Labute approximate surface area is 81.5 Å². The predicted octanol–water partition coefficient (Wildman–Crippen LogP) is 1.74. The summed E-state index contributed by atoms with van der Waals surface area (Å²) in [4.78, 5) is 2.63. The van der Waals surface area contributed by atoms with Crippen molar-refractivity contribution in [2.24, 2.45) is 5.73 Å². The number of rotatable bonds is 1. The summed E-state index contributed by atoms with van der Waals surface area (Å²) >= 11 is 0. The summed E-state index contributed by atoms with van der Waals surface area (Å²) in [6.45, 7) is 2.61. The van der Waals surface area contributed by atoms with E-state index < -0.39 is 0 Å². The van der Waals surface area contributed by atoms with E-state index in [-0.39, 0.29) is 0 Å². The van der Waals surface area contributed by atoms with Crippen molar-refractivity contribution in [3.8, 4) is 0 Å². The molecule has 76 valence electrons. The SMILES string of the molecule is NC1CCCCCC1N1CCCC1. The van der Waals surface area contributed by atoms with E-state index in [1.807, 2.05) is 0 Å². The van der Waals surface area contributed by atoms with E-state index in [1.54, 1.807) is 0 Å². The van der Waals surface area contributed by atoms with Crippen molar-refractivity contribution in [2.45, 2.75) is 57.0 Å². The number of nitrogens with two attached hydrogens (primary N) is 1. The Morgan fingerprint density at radius 2 is 1.54 bits per heavy atom. The van der Waals surface area contributed by atoms with E-state index in [0.29, 0.717) is 12.1 Å². The molecular formula is C11H22N2. The second-order valence-electron chi connectivity index (χ2n) is 4.61. The molecule has 0 aromatic rings. The summed E-state index contributed by atoms with van der Waals surface area (Å²) in [5, 5.41) is 0. The standard InChI is InChI=1S/C11H22N2/c12-10-6-2-1-3-7-11(10)13-8-4-5-9-13/h10-11H,1-9,12H2. The van der Waals surface area contributed by atoms with Gasteiger partial charge in [0.2, 0.25) is 0 Å². The van der Waals surface area contributed by atoms with Gasteiger partial charge >= 0.3 is 0 Å². The largest absolute Gasteiger partial charge is 0.326 e. The van der Waals surface area contributed by atoms with Crippen LogP contribution in [0.1, 0.15) is 44.9 Å². The van der Waals surface area contributed by atoms with Gasteiger partial charge in [0.1, 0.15) is 0 Å². The summed E-state index contributed by atoms with van der Waals surface area (Å²) < 4.78 is 0. The van der Waals surface area contributed by atoms with Gasteiger partial charge in [-0.3, -0.25) is 4.90 Å². The second-order valence-corrected chi connectivity index (χ2v) is 4.61. The smallest absolute Gasteiger partial charge is 0.0247 e. The van der Waals surface area contributed by atoms with Crippen LogP contribution in [-0.2, 0) is 0 Å². The number of nitrogens with zero attached hydrogens (tertiary/aromatic N) is 1. The monoisotopic (exact) mass is 182 g/mol. The van der Waals surface area contributed by atoms with Crippen molar-refractivity contribution in [2.75, 3.05) is 13.1 Å². The lowest BCUT2D eigenvalue weighted by Gasteiger charge is -2.30. The van der Waals surface area contributed by atoms with Crippen LogP contribution in [0.3, 0.4) is 0 Å².